The molecule has 1 amide bonds. The zero-order valence-electron chi connectivity index (χ0n) is 9.70. The Labute approximate surface area is 100 Å². The summed E-state index contributed by atoms with van der Waals surface area (Å²) < 4.78 is 0. The van der Waals surface area contributed by atoms with Crippen LogP contribution in [0.1, 0.15) is 37.7 Å². The van der Waals surface area contributed by atoms with E-state index in [1.807, 2.05) is 6.92 Å². The SMILES string of the molecule is CCC(C)C(C)NC(=O)c1cncc(Cl)n1. The summed E-state index contributed by atoms with van der Waals surface area (Å²) >= 11 is 5.66. The summed E-state index contributed by atoms with van der Waals surface area (Å²) in [5.41, 5.74) is 0.252. The van der Waals surface area contributed by atoms with Crippen LogP contribution < -0.4 is 5.32 Å². The van der Waals surface area contributed by atoms with Crippen molar-refractivity contribution >= 4 is 17.5 Å². The molecule has 0 bridgehead atoms. The van der Waals surface area contributed by atoms with Crippen LogP contribution in [0.3, 0.4) is 0 Å². The lowest BCUT2D eigenvalue weighted by atomic mass is 10.0. The van der Waals surface area contributed by atoms with Gasteiger partial charge in [0.25, 0.3) is 5.91 Å². The van der Waals surface area contributed by atoms with Gasteiger partial charge in [0.2, 0.25) is 0 Å². The number of nitrogens with one attached hydrogen (secondary N) is 1. The Bertz CT molecular complexity index is 370. The van der Waals surface area contributed by atoms with Gasteiger partial charge in [0.1, 0.15) is 10.8 Å². The van der Waals surface area contributed by atoms with Gasteiger partial charge >= 0.3 is 0 Å². The zero-order valence-corrected chi connectivity index (χ0v) is 10.5. The van der Waals surface area contributed by atoms with Crippen molar-refractivity contribution in [2.24, 2.45) is 5.92 Å². The Morgan fingerprint density at radius 2 is 2.19 bits per heavy atom. The van der Waals surface area contributed by atoms with Crippen molar-refractivity contribution in [1.82, 2.24) is 15.3 Å². The number of rotatable bonds is 4. The first-order chi connectivity index (χ1) is 7.54. The number of hydrogen-bond donors (Lipinski definition) is 1. The maximum atomic E-state index is 11.8. The molecule has 0 radical (unpaired) electrons. The quantitative estimate of drug-likeness (QED) is 0.880. The number of aromatic nitrogens is 2. The summed E-state index contributed by atoms with van der Waals surface area (Å²) in [6, 6.07) is 0.110. The number of amides is 1. The molecule has 0 fully saturated rings. The van der Waals surface area contributed by atoms with Crippen LogP contribution in [0, 0.1) is 5.92 Å². The monoisotopic (exact) mass is 241 g/mol. The smallest absolute Gasteiger partial charge is 0.271 e. The minimum Gasteiger partial charge on any atom is -0.348 e. The van der Waals surface area contributed by atoms with E-state index in [2.05, 4.69) is 29.1 Å². The minimum atomic E-state index is -0.234. The van der Waals surface area contributed by atoms with Gasteiger partial charge in [-0.3, -0.25) is 9.78 Å². The van der Waals surface area contributed by atoms with E-state index in [0.29, 0.717) is 5.92 Å². The molecule has 16 heavy (non-hydrogen) atoms. The number of carbonyl (C=O) groups excluding carboxylic acids is 1. The fraction of sp³-hybridized carbons (Fsp3) is 0.545. The molecular weight excluding hydrogens is 226 g/mol. The number of hydrogen-bond acceptors (Lipinski definition) is 3. The van der Waals surface area contributed by atoms with Gasteiger partial charge in [-0.15, -0.1) is 0 Å². The molecule has 2 atom stereocenters. The van der Waals surface area contributed by atoms with E-state index in [4.69, 9.17) is 11.6 Å². The average Bonchev–Trinajstić information content (AvgIpc) is 2.27. The predicted octanol–water partition coefficient (Wildman–Crippen LogP) is 2.29. The van der Waals surface area contributed by atoms with Crippen molar-refractivity contribution in [3.05, 3.63) is 23.2 Å². The second-order valence-corrected chi connectivity index (χ2v) is 4.26. The first-order valence-electron chi connectivity index (χ1n) is 5.33. The Morgan fingerprint density at radius 1 is 1.50 bits per heavy atom. The highest BCUT2D eigenvalue weighted by Crippen LogP contribution is 2.08. The summed E-state index contributed by atoms with van der Waals surface area (Å²) in [6.45, 7) is 6.16. The molecule has 0 aromatic carbocycles. The van der Waals surface area contributed by atoms with E-state index in [1.165, 1.54) is 12.4 Å². The molecule has 1 N–H and O–H groups in total. The Morgan fingerprint density at radius 3 is 2.75 bits per heavy atom. The molecule has 4 nitrogen and oxygen atoms in total. The van der Waals surface area contributed by atoms with Crippen LogP contribution in [0.25, 0.3) is 0 Å². The standard InChI is InChI=1S/C11H16ClN3O/c1-4-7(2)8(3)14-11(16)9-5-13-6-10(12)15-9/h5-8H,4H2,1-3H3,(H,14,16). The summed E-state index contributed by atoms with van der Waals surface area (Å²) in [6.07, 6.45) is 3.82. The summed E-state index contributed by atoms with van der Waals surface area (Å²) in [7, 11) is 0. The molecule has 0 spiro atoms. The molecule has 1 aromatic rings. The predicted molar refractivity (Wildman–Crippen MR) is 63.4 cm³/mol. The molecule has 2 unspecified atom stereocenters. The Kier molecular flexibility index (Phi) is 4.68. The normalized spacial score (nSPS) is 14.2. The van der Waals surface area contributed by atoms with Crippen LogP contribution in [0.5, 0.6) is 0 Å². The van der Waals surface area contributed by atoms with Crippen LogP contribution in [-0.2, 0) is 0 Å². The maximum Gasteiger partial charge on any atom is 0.271 e. The van der Waals surface area contributed by atoms with Gasteiger partial charge in [-0.25, -0.2) is 4.98 Å². The zero-order chi connectivity index (χ0) is 12.1. The van der Waals surface area contributed by atoms with Gasteiger partial charge in [-0.2, -0.15) is 0 Å². The molecule has 0 saturated carbocycles. The lowest BCUT2D eigenvalue weighted by Crippen LogP contribution is -2.37. The molecule has 0 aliphatic carbocycles. The van der Waals surface area contributed by atoms with E-state index in [0.717, 1.165) is 6.42 Å². The molecule has 0 aliphatic heterocycles. The van der Waals surface area contributed by atoms with Crippen molar-refractivity contribution in [2.45, 2.75) is 33.2 Å². The molecule has 1 heterocycles. The highest BCUT2D eigenvalue weighted by molar-refractivity contribution is 6.29. The first-order valence-corrected chi connectivity index (χ1v) is 5.70. The van der Waals surface area contributed by atoms with Crippen LogP contribution in [0.4, 0.5) is 0 Å². The summed E-state index contributed by atoms with van der Waals surface area (Å²) in [4.78, 5) is 19.5. The van der Waals surface area contributed by atoms with Gasteiger partial charge in [0.15, 0.2) is 0 Å². The lowest BCUT2D eigenvalue weighted by molar-refractivity contribution is 0.0922. The first kappa shape index (κ1) is 12.9. The fourth-order valence-electron chi connectivity index (χ4n) is 1.23. The highest BCUT2D eigenvalue weighted by Gasteiger charge is 2.15. The van der Waals surface area contributed by atoms with Crippen LogP contribution in [-0.4, -0.2) is 21.9 Å². The molecule has 0 aliphatic rings. The second-order valence-electron chi connectivity index (χ2n) is 3.87. The van der Waals surface area contributed by atoms with E-state index in [-0.39, 0.29) is 22.8 Å². The molecule has 5 heteroatoms. The third kappa shape index (κ3) is 3.45. The van der Waals surface area contributed by atoms with Crippen LogP contribution >= 0.6 is 11.6 Å². The largest absolute Gasteiger partial charge is 0.348 e. The number of nitrogens with zero attached hydrogens (tertiary/aromatic N) is 2. The minimum absolute atomic E-state index is 0.110. The molecule has 0 saturated heterocycles. The van der Waals surface area contributed by atoms with Gasteiger partial charge in [0.05, 0.1) is 12.4 Å². The van der Waals surface area contributed by atoms with E-state index in [1.54, 1.807) is 0 Å². The van der Waals surface area contributed by atoms with E-state index < -0.39 is 0 Å². The Balaban J connectivity index is 2.66. The van der Waals surface area contributed by atoms with Gasteiger partial charge in [-0.1, -0.05) is 31.9 Å². The van der Waals surface area contributed by atoms with E-state index >= 15 is 0 Å². The average molecular weight is 242 g/mol. The maximum absolute atomic E-state index is 11.8. The molecular formula is C11H16ClN3O. The van der Waals surface area contributed by atoms with Crippen molar-refractivity contribution in [3.63, 3.8) is 0 Å². The van der Waals surface area contributed by atoms with Crippen molar-refractivity contribution < 1.29 is 4.79 Å². The molecule has 1 rings (SSSR count). The topological polar surface area (TPSA) is 54.9 Å². The van der Waals surface area contributed by atoms with Crippen LogP contribution in [0.15, 0.2) is 12.4 Å². The van der Waals surface area contributed by atoms with Gasteiger partial charge in [-0.05, 0) is 12.8 Å². The third-order valence-corrected chi connectivity index (χ3v) is 2.88. The number of halogens is 1. The second kappa shape index (κ2) is 5.80. The summed E-state index contributed by atoms with van der Waals surface area (Å²) in [5.74, 6) is 0.193. The van der Waals surface area contributed by atoms with Gasteiger partial charge in [0, 0.05) is 6.04 Å². The highest BCUT2D eigenvalue weighted by atomic mass is 35.5. The number of carbonyl (C=O) groups is 1. The molecule has 1 aromatic heterocycles. The Hall–Kier alpha value is -1.16. The van der Waals surface area contributed by atoms with Crippen molar-refractivity contribution in [2.75, 3.05) is 0 Å². The third-order valence-electron chi connectivity index (χ3n) is 2.69. The summed E-state index contributed by atoms with van der Waals surface area (Å²) in [5, 5.41) is 3.10. The van der Waals surface area contributed by atoms with Gasteiger partial charge < -0.3 is 5.32 Å². The van der Waals surface area contributed by atoms with Crippen molar-refractivity contribution in [1.29, 1.82) is 0 Å². The van der Waals surface area contributed by atoms with Crippen molar-refractivity contribution in [3.8, 4) is 0 Å². The lowest BCUT2D eigenvalue weighted by Gasteiger charge is -2.19. The fourth-order valence-corrected chi connectivity index (χ4v) is 1.38. The van der Waals surface area contributed by atoms with Crippen LogP contribution in [0.2, 0.25) is 5.15 Å². The molecule has 88 valence electrons. The van der Waals surface area contributed by atoms with E-state index in [9.17, 15) is 4.79 Å².